The van der Waals surface area contributed by atoms with Crippen molar-refractivity contribution in [1.29, 1.82) is 0 Å². The van der Waals surface area contributed by atoms with Crippen molar-refractivity contribution in [3.05, 3.63) is 65.9 Å². The first-order valence-electron chi connectivity index (χ1n) is 12.1. The fourth-order valence-electron chi connectivity index (χ4n) is 4.54. The van der Waals surface area contributed by atoms with Gasteiger partial charge in [-0.05, 0) is 44.5 Å². The maximum absolute atomic E-state index is 15.1. The molecule has 2 amide bonds. The second kappa shape index (κ2) is 9.92. The molecular formula is C26H25F3N6O3. The van der Waals surface area contributed by atoms with Crippen molar-refractivity contribution in [3.63, 3.8) is 0 Å². The number of hydrogen-bond acceptors (Lipinski definition) is 6. The SMILES string of the molecule is CC(C)n1ncc2ccc(-c3noc(C4CCN(C(=O)CNC(=O)c5cccc(F)c5)CC4(F)F)n3)cc21. The van der Waals surface area contributed by atoms with E-state index in [-0.39, 0.29) is 36.3 Å². The minimum absolute atomic E-state index is 0.0200. The summed E-state index contributed by atoms with van der Waals surface area (Å²) in [6.45, 7) is 2.68. The van der Waals surface area contributed by atoms with E-state index in [1.54, 1.807) is 12.3 Å². The summed E-state index contributed by atoms with van der Waals surface area (Å²) >= 11 is 0. The predicted molar refractivity (Wildman–Crippen MR) is 131 cm³/mol. The smallest absolute Gasteiger partial charge is 0.276 e. The second-order valence-electron chi connectivity index (χ2n) is 9.52. The highest BCUT2D eigenvalue weighted by Gasteiger charge is 2.49. The van der Waals surface area contributed by atoms with E-state index in [0.29, 0.717) is 5.56 Å². The number of likely N-dealkylation sites (tertiary alicyclic amines) is 1. The third kappa shape index (κ3) is 4.98. The van der Waals surface area contributed by atoms with Gasteiger partial charge in [0.05, 0.1) is 24.8 Å². The molecule has 5 rings (SSSR count). The third-order valence-corrected chi connectivity index (χ3v) is 6.52. The van der Waals surface area contributed by atoms with Crippen LogP contribution in [0.5, 0.6) is 0 Å². The molecule has 12 heteroatoms. The van der Waals surface area contributed by atoms with Crippen molar-refractivity contribution in [2.24, 2.45) is 0 Å². The molecule has 1 N–H and O–H groups in total. The average molecular weight is 527 g/mol. The fourth-order valence-corrected chi connectivity index (χ4v) is 4.54. The number of rotatable bonds is 6. The van der Waals surface area contributed by atoms with Gasteiger partial charge < -0.3 is 14.7 Å². The van der Waals surface area contributed by atoms with Crippen LogP contribution in [-0.2, 0) is 4.79 Å². The standard InChI is InChI=1S/C26H25F3N6O3/c1-15(2)35-21-11-16(6-7-18(21)12-31-35)23-32-25(38-33-23)20-8-9-34(14-26(20,28)29)22(36)13-30-24(37)17-4-3-5-19(27)10-17/h3-7,10-12,15,20H,8-9,13-14H2,1-2H3,(H,30,37). The molecule has 9 nitrogen and oxygen atoms in total. The summed E-state index contributed by atoms with van der Waals surface area (Å²) in [5, 5.41) is 11.6. The number of nitrogens with zero attached hydrogens (tertiary/aromatic N) is 5. The lowest BCUT2D eigenvalue weighted by Gasteiger charge is -2.36. The van der Waals surface area contributed by atoms with Crippen molar-refractivity contribution in [2.75, 3.05) is 19.6 Å². The van der Waals surface area contributed by atoms with Gasteiger partial charge in [-0.3, -0.25) is 14.3 Å². The van der Waals surface area contributed by atoms with Crippen LogP contribution in [0, 0.1) is 5.82 Å². The number of halogens is 3. The molecule has 1 unspecified atom stereocenters. The molecule has 1 fully saturated rings. The van der Waals surface area contributed by atoms with Crippen molar-refractivity contribution in [2.45, 2.75) is 38.2 Å². The Balaban J connectivity index is 1.25. The summed E-state index contributed by atoms with van der Waals surface area (Å²) in [6.07, 6.45) is 1.65. The topological polar surface area (TPSA) is 106 Å². The van der Waals surface area contributed by atoms with Crippen molar-refractivity contribution in [3.8, 4) is 11.4 Å². The monoisotopic (exact) mass is 526 g/mol. The van der Waals surface area contributed by atoms with Gasteiger partial charge in [0.2, 0.25) is 17.6 Å². The number of alkyl halides is 2. The number of amides is 2. The lowest BCUT2D eigenvalue weighted by atomic mass is 9.92. The minimum Gasteiger partial charge on any atom is -0.343 e. The molecule has 2 aromatic carbocycles. The molecule has 198 valence electrons. The van der Waals surface area contributed by atoms with E-state index in [9.17, 15) is 14.0 Å². The van der Waals surface area contributed by atoms with Gasteiger partial charge in [0, 0.05) is 29.1 Å². The lowest BCUT2D eigenvalue weighted by Crippen LogP contribution is -2.52. The number of aromatic nitrogens is 4. The van der Waals surface area contributed by atoms with Crippen molar-refractivity contribution < 1.29 is 27.3 Å². The summed E-state index contributed by atoms with van der Waals surface area (Å²) in [6, 6.07) is 10.6. The molecule has 1 aliphatic rings. The Labute approximate surface area is 215 Å². The second-order valence-corrected chi connectivity index (χ2v) is 9.52. The number of hydrogen-bond donors (Lipinski definition) is 1. The van der Waals surface area contributed by atoms with E-state index in [1.165, 1.54) is 18.2 Å². The number of nitrogens with one attached hydrogen (secondary N) is 1. The van der Waals surface area contributed by atoms with Crippen molar-refractivity contribution in [1.82, 2.24) is 30.1 Å². The van der Waals surface area contributed by atoms with Crippen LogP contribution in [0.25, 0.3) is 22.3 Å². The highest BCUT2D eigenvalue weighted by atomic mass is 19.3. The van der Waals surface area contributed by atoms with Crippen LogP contribution < -0.4 is 5.32 Å². The molecule has 1 saturated heterocycles. The molecule has 0 bridgehead atoms. The van der Waals surface area contributed by atoms with Crippen LogP contribution in [0.3, 0.4) is 0 Å². The zero-order valence-corrected chi connectivity index (χ0v) is 20.7. The molecule has 0 aliphatic carbocycles. The van der Waals surface area contributed by atoms with E-state index >= 15 is 8.78 Å². The van der Waals surface area contributed by atoms with Crippen molar-refractivity contribution >= 4 is 22.7 Å². The first kappa shape index (κ1) is 25.4. The Hall–Kier alpha value is -4.22. The summed E-state index contributed by atoms with van der Waals surface area (Å²) in [5.41, 5.74) is 1.51. The fraction of sp³-hybridized carbons (Fsp3) is 0.346. The first-order chi connectivity index (χ1) is 18.1. The van der Waals surface area contributed by atoms with Crippen LogP contribution in [0.2, 0.25) is 0 Å². The highest BCUT2D eigenvalue weighted by Crippen LogP contribution is 2.40. The van der Waals surface area contributed by atoms with Gasteiger partial charge in [0.1, 0.15) is 11.7 Å². The molecule has 0 saturated carbocycles. The number of fused-ring (bicyclic) bond motifs is 1. The van der Waals surface area contributed by atoms with Crippen LogP contribution >= 0.6 is 0 Å². The molecule has 2 aromatic heterocycles. The zero-order valence-electron chi connectivity index (χ0n) is 20.7. The maximum Gasteiger partial charge on any atom is 0.276 e. The largest absolute Gasteiger partial charge is 0.343 e. The highest BCUT2D eigenvalue weighted by molar-refractivity contribution is 5.96. The van der Waals surface area contributed by atoms with E-state index in [4.69, 9.17) is 4.52 Å². The quantitative estimate of drug-likeness (QED) is 0.404. The number of piperidine rings is 1. The molecular weight excluding hydrogens is 501 g/mol. The Bertz CT molecular complexity index is 1500. The normalized spacial score (nSPS) is 17.2. The predicted octanol–water partition coefficient (Wildman–Crippen LogP) is 4.19. The average Bonchev–Trinajstić information content (AvgIpc) is 3.53. The molecule has 3 heterocycles. The summed E-state index contributed by atoms with van der Waals surface area (Å²) < 4.78 is 50.7. The van der Waals surface area contributed by atoms with Gasteiger partial charge in [-0.2, -0.15) is 10.1 Å². The van der Waals surface area contributed by atoms with Gasteiger partial charge in [0.15, 0.2) is 0 Å². The van der Waals surface area contributed by atoms with Crippen LogP contribution in [0.1, 0.15) is 48.5 Å². The van der Waals surface area contributed by atoms with Gasteiger partial charge >= 0.3 is 0 Å². The van der Waals surface area contributed by atoms with Gasteiger partial charge in [-0.15, -0.1) is 0 Å². The van der Waals surface area contributed by atoms with E-state index in [0.717, 1.165) is 21.9 Å². The maximum atomic E-state index is 15.1. The number of carbonyl (C=O) groups is 2. The molecule has 1 aliphatic heterocycles. The third-order valence-electron chi connectivity index (χ3n) is 6.52. The van der Waals surface area contributed by atoms with E-state index in [2.05, 4.69) is 20.6 Å². The minimum atomic E-state index is -3.33. The molecule has 1 atom stereocenters. The molecule has 4 aromatic rings. The lowest BCUT2D eigenvalue weighted by molar-refractivity contribution is -0.144. The van der Waals surface area contributed by atoms with Crippen LogP contribution in [0.4, 0.5) is 13.2 Å². The number of carbonyl (C=O) groups excluding carboxylic acids is 2. The first-order valence-corrected chi connectivity index (χ1v) is 12.1. The summed E-state index contributed by atoms with van der Waals surface area (Å²) in [5.74, 6) is -6.65. The van der Waals surface area contributed by atoms with Gasteiger partial charge in [-0.25, -0.2) is 13.2 Å². The van der Waals surface area contributed by atoms with E-state index in [1.807, 2.05) is 30.7 Å². The van der Waals surface area contributed by atoms with Crippen LogP contribution in [0.15, 0.2) is 53.2 Å². The Morgan fingerprint density at radius 1 is 1.21 bits per heavy atom. The number of benzene rings is 2. The molecule has 0 spiro atoms. The van der Waals surface area contributed by atoms with Crippen LogP contribution in [-0.4, -0.2) is 62.2 Å². The van der Waals surface area contributed by atoms with Gasteiger partial charge in [0.25, 0.3) is 11.8 Å². The Morgan fingerprint density at radius 2 is 2.03 bits per heavy atom. The molecule has 38 heavy (non-hydrogen) atoms. The summed E-state index contributed by atoms with van der Waals surface area (Å²) in [4.78, 5) is 29.9. The van der Waals surface area contributed by atoms with Gasteiger partial charge in [-0.1, -0.05) is 23.4 Å². The zero-order chi connectivity index (χ0) is 27.0. The Morgan fingerprint density at radius 3 is 2.76 bits per heavy atom. The van der Waals surface area contributed by atoms with E-state index < -0.39 is 42.6 Å². The Kier molecular flexibility index (Phi) is 6.64. The summed E-state index contributed by atoms with van der Waals surface area (Å²) in [7, 11) is 0. The molecule has 0 radical (unpaired) electrons.